The van der Waals surface area contributed by atoms with E-state index < -0.39 is 0 Å². The Hall–Kier alpha value is -2.02. The molecule has 2 atom stereocenters. The summed E-state index contributed by atoms with van der Waals surface area (Å²) in [7, 11) is 0. The minimum atomic E-state index is -0.379. The van der Waals surface area contributed by atoms with Gasteiger partial charge in [-0.3, -0.25) is 14.9 Å². The van der Waals surface area contributed by atoms with Gasteiger partial charge >= 0.3 is 0 Å². The van der Waals surface area contributed by atoms with E-state index in [-0.39, 0.29) is 28.9 Å². The Labute approximate surface area is 160 Å². The number of hydrogen-bond donors (Lipinski definition) is 2. The largest absolute Gasteiger partial charge is 0.493 e. The lowest BCUT2D eigenvalue weighted by molar-refractivity contribution is -0.118. The van der Waals surface area contributed by atoms with Gasteiger partial charge in [0.1, 0.15) is 5.75 Å². The van der Waals surface area contributed by atoms with Crippen LogP contribution in [0.15, 0.2) is 48.5 Å². The Kier molecular flexibility index (Phi) is 6.19. The van der Waals surface area contributed by atoms with Crippen molar-refractivity contribution in [3.05, 3.63) is 64.7 Å². The Morgan fingerprint density at radius 3 is 2.58 bits per heavy atom. The highest BCUT2D eigenvalue weighted by Crippen LogP contribution is 2.25. The highest BCUT2D eigenvalue weighted by atomic mass is 35.5. The highest BCUT2D eigenvalue weighted by molar-refractivity contribution is 8.15. The predicted molar refractivity (Wildman–Crippen MR) is 102 cm³/mol. The van der Waals surface area contributed by atoms with Gasteiger partial charge in [-0.1, -0.05) is 47.6 Å². The van der Waals surface area contributed by atoms with Crippen molar-refractivity contribution in [1.82, 2.24) is 5.32 Å². The zero-order valence-corrected chi connectivity index (χ0v) is 15.4. The molecule has 5 nitrogen and oxygen atoms in total. The lowest BCUT2D eigenvalue weighted by Gasteiger charge is -2.16. The summed E-state index contributed by atoms with van der Waals surface area (Å²) in [5.74, 6) is 0.263. The topological polar surface area (TPSA) is 75.6 Å². The first-order valence-corrected chi connectivity index (χ1v) is 9.40. The summed E-state index contributed by atoms with van der Waals surface area (Å²) in [5.41, 5.74) is 1.87. The van der Waals surface area contributed by atoms with E-state index in [2.05, 4.69) is 5.32 Å². The first-order chi connectivity index (χ1) is 12.5. The number of amides is 2. The molecule has 1 unspecified atom stereocenters. The van der Waals surface area contributed by atoms with Gasteiger partial charge in [-0.25, -0.2) is 0 Å². The SMILES string of the molecule is O=C1NC(=O)C(Cc2ccc(OC[C@@H](CO)c3cccc(Cl)c3)cc2)S1. The van der Waals surface area contributed by atoms with E-state index in [0.717, 1.165) is 22.9 Å². The van der Waals surface area contributed by atoms with Crippen molar-refractivity contribution in [3.63, 3.8) is 0 Å². The monoisotopic (exact) mass is 391 g/mol. The fourth-order valence-corrected chi connectivity index (χ4v) is 3.73. The van der Waals surface area contributed by atoms with Gasteiger partial charge in [-0.15, -0.1) is 0 Å². The van der Waals surface area contributed by atoms with Crippen LogP contribution in [0.4, 0.5) is 4.79 Å². The molecule has 0 bridgehead atoms. The van der Waals surface area contributed by atoms with Gasteiger partial charge in [0, 0.05) is 10.9 Å². The van der Waals surface area contributed by atoms with E-state index in [1.807, 2.05) is 42.5 Å². The number of benzene rings is 2. The molecule has 0 radical (unpaired) electrons. The lowest BCUT2D eigenvalue weighted by atomic mass is 10.0. The molecule has 1 aliphatic heterocycles. The van der Waals surface area contributed by atoms with Crippen LogP contribution >= 0.6 is 23.4 Å². The van der Waals surface area contributed by atoms with Crippen molar-refractivity contribution in [2.75, 3.05) is 13.2 Å². The number of nitrogens with one attached hydrogen (secondary N) is 1. The van der Waals surface area contributed by atoms with Crippen LogP contribution in [0.3, 0.4) is 0 Å². The molecule has 1 heterocycles. The van der Waals surface area contributed by atoms with Crippen LogP contribution in [0.5, 0.6) is 5.75 Å². The molecule has 7 heteroatoms. The number of thioether (sulfide) groups is 1. The summed E-state index contributed by atoms with van der Waals surface area (Å²) in [6, 6.07) is 14.7. The van der Waals surface area contributed by atoms with Crippen molar-refractivity contribution in [2.24, 2.45) is 0 Å². The smallest absolute Gasteiger partial charge is 0.286 e. The molecular formula is C19H18ClNO4S. The molecule has 0 saturated carbocycles. The summed E-state index contributed by atoms with van der Waals surface area (Å²) < 4.78 is 5.77. The van der Waals surface area contributed by atoms with E-state index in [4.69, 9.17) is 16.3 Å². The van der Waals surface area contributed by atoms with Gasteiger partial charge in [0.2, 0.25) is 5.91 Å². The number of aliphatic hydroxyl groups is 1. The number of hydrogen-bond acceptors (Lipinski definition) is 5. The number of halogens is 1. The van der Waals surface area contributed by atoms with Crippen LogP contribution in [0.25, 0.3) is 0 Å². The fraction of sp³-hybridized carbons (Fsp3) is 0.263. The number of aliphatic hydroxyl groups excluding tert-OH is 1. The number of imide groups is 1. The fourth-order valence-electron chi connectivity index (χ4n) is 2.68. The number of rotatable bonds is 7. The average Bonchev–Trinajstić information content (AvgIpc) is 2.94. The van der Waals surface area contributed by atoms with Crippen LogP contribution in [-0.4, -0.2) is 34.7 Å². The van der Waals surface area contributed by atoms with Crippen LogP contribution in [0.2, 0.25) is 5.02 Å². The molecule has 3 rings (SSSR count). The third-order valence-corrected chi connectivity index (χ3v) is 5.32. The summed E-state index contributed by atoms with van der Waals surface area (Å²) in [4.78, 5) is 22.8. The Balaban J connectivity index is 1.57. The van der Waals surface area contributed by atoms with E-state index in [0.29, 0.717) is 23.8 Å². The number of carbonyl (C=O) groups excluding carboxylic acids is 2. The Bertz CT molecular complexity index is 796. The summed E-state index contributed by atoms with van der Waals surface area (Å²) in [6.07, 6.45) is 0.490. The van der Waals surface area contributed by atoms with E-state index in [9.17, 15) is 14.7 Å². The third-order valence-electron chi connectivity index (χ3n) is 4.10. The maximum atomic E-state index is 11.6. The average molecular weight is 392 g/mol. The first kappa shape index (κ1) is 18.8. The van der Waals surface area contributed by atoms with Crippen LogP contribution in [0, 0.1) is 0 Å². The van der Waals surface area contributed by atoms with Crippen molar-refractivity contribution >= 4 is 34.5 Å². The van der Waals surface area contributed by atoms with Crippen LogP contribution < -0.4 is 10.1 Å². The molecule has 1 aliphatic rings. The predicted octanol–water partition coefficient (Wildman–Crippen LogP) is 3.39. The second-order valence-electron chi connectivity index (χ2n) is 5.98. The van der Waals surface area contributed by atoms with Gasteiger partial charge < -0.3 is 9.84 Å². The number of carbonyl (C=O) groups is 2. The zero-order valence-electron chi connectivity index (χ0n) is 13.9. The molecular weight excluding hydrogens is 374 g/mol. The van der Waals surface area contributed by atoms with Gasteiger partial charge in [0.15, 0.2) is 0 Å². The quantitative estimate of drug-likeness (QED) is 0.756. The molecule has 2 aromatic carbocycles. The molecule has 1 saturated heterocycles. The summed E-state index contributed by atoms with van der Waals surface area (Å²) in [5, 5.41) is 11.8. The summed E-state index contributed by atoms with van der Waals surface area (Å²) in [6.45, 7) is 0.284. The first-order valence-electron chi connectivity index (χ1n) is 8.14. The normalized spacial score (nSPS) is 17.8. The van der Waals surface area contributed by atoms with Gasteiger partial charge in [0.05, 0.1) is 18.5 Å². The lowest BCUT2D eigenvalue weighted by Crippen LogP contribution is -2.25. The minimum Gasteiger partial charge on any atom is -0.493 e. The standard InChI is InChI=1S/C19H18ClNO4S/c20-15-3-1-2-13(9-15)14(10-22)11-25-16-6-4-12(5-7-16)8-17-18(23)21-19(24)26-17/h1-7,9,14,17,22H,8,10-11H2,(H,21,23,24)/t14-,17?/m1/s1. The van der Waals surface area contributed by atoms with Gasteiger partial charge in [0.25, 0.3) is 5.24 Å². The van der Waals surface area contributed by atoms with Gasteiger partial charge in [-0.2, -0.15) is 0 Å². The van der Waals surface area contributed by atoms with Crippen molar-refractivity contribution in [2.45, 2.75) is 17.6 Å². The van der Waals surface area contributed by atoms with Crippen molar-refractivity contribution in [3.8, 4) is 5.75 Å². The molecule has 0 aliphatic carbocycles. The molecule has 1 fully saturated rings. The molecule has 2 amide bonds. The van der Waals surface area contributed by atoms with Crippen molar-refractivity contribution in [1.29, 1.82) is 0 Å². The van der Waals surface area contributed by atoms with E-state index in [1.54, 1.807) is 6.07 Å². The molecule has 0 spiro atoms. The van der Waals surface area contributed by atoms with E-state index in [1.165, 1.54) is 0 Å². The van der Waals surface area contributed by atoms with Crippen molar-refractivity contribution < 1.29 is 19.4 Å². The maximum absolute atomic E-state index is 11.6. The molecule has 26 heavy (non-hydrogen) atoms. The summed E-state index contributed by atoms with van der Waals surface area (Å²) >= 11 is 7.02. The van der Waals surface area contributed by atoms with Gasteiger partial charge in [-0.05, 0) is 41.8 Å². The molecule has 2 N–H and O–H groups in total. The maximum Gasteiger partial charge on any atom is 0.286 e. The second-order valence-corrected chi connectivity index (χ2v) is 7.59. The molecule has 2 aromatic rings. The minimum absolute atomic E-state index is 0.0412. The zero-order chi connectivity index (χ0) is 18.5. The number of ether oxygens (including phenoxy) is 1. The second kappa shape index (κ2) is 8.58. The molecule has 0 aromatic heterocycles. The Morgan fingerprint density at radius 2 is 1.96 bits per heavy atom. The third kappa shape index (κ3) is 4.78. The molecule has 136 valence electrons. The highest BCUT2D eigenvalue weighted by Gasteiger charge is 2.31. The van der Waals surface area contributed by atoms with Crippen LogP contribution in [-0.2, 0) is 11.2 Å². The van der Waals surface area contributed by atoms with E-state index >= 15 is 0 Å². The Morgan fingerprint density at radius 1 is 1.19 bits per heavy atom. The van der Waals surface area contributed by atoms with Crippen LogP contribution in [0.1, 0.15) is 17.0 Å².